The van der Waals surface area contributed by atoms with Crippen LogP contribution >= 0.6 is 27.3 Å². The predicted octanol–water partition coefficient (Wildman–Crippen LogP) is 4.34. The van der Waals surface area contributed by atoms with Crippen LogP contribution in [-0.2, 0) is 6.42 Å². The molecule has 1 heterocycles. The van der Waals surface area contributed by atoms with E-state index in [4.69, 9.17) is 0 Å². The molecule has 0 bridgehead atoms. The lowest BCUT2D eigenvalue weighted by Gasteiger charge is -2.30. The molecule has 0 radical (unpaired) electrons. The lowest BCUT2D eigenvalue weighted by molar-refractivity contribution is 0.0687. The van der Waals surface area contributed by atoms with Crippen molar-refractivity contribution in [3.8, 4) is 0 Å². The third-order valence-electron chi connectivity index (χ3n) is 3.29. The molecule has 102 valence electrons. The highest BCUT2D eigenvalue weighted by Gasteiger charge is 2.24. The fourth-order valence-electron chi connectivity index (χ4n) is 2.20. The molecule has 0 aliphatic rings. The Hall–Kier alpha value is -0.350. The summed E-state index contributed by atoms with van der Waals surface area (Å²) in [6.45, 7) is 7.19. The Morgan fingerprint density at radius 3 is 2.56 bits per heavy atom. The molecule has 1 rings (SSSR count). The van der Waals surface area contributed by atoms with Gasteiger partial charge < -0.3 is 4.90 Å². The number of nitrogens with zero attached hydrogens (tertiary/aromatic N) is 1. The molecule has 0 N–H and O–H groups in total. The van der Waals surface area contributed by atoms with Crippen LogP contribution in [0.2, 0.25) is 0 Å². The van der Waals surface area contributed by atoms with E-state index < -0.39 is 0 Å². The molecule has 0 atom stereocenters. The summed E-state index contributed by atoms with van der Waals surface area (Å²) in [4.78, 5) is 15.6. The van der Waals surface area contributed by atoms with Crippen molar-refractivity contribution in [1.82, 2.24) is 4.90 Å². The van der Waals surface area contributed by atoms with Gasteiger partial charge in [-0.25, -0.2) is 0 Å². The topological polar surface area (TPSA) is 20.3 Å². The Morgan fingerprint density at radius 2 is 2.06 bits per heavy atom. The van der Waals surface area contributed by atoms with Gasteiger partial charge in [0.05, 0.1) is 4.88 Å². The van der Waals surface area contributed by atoms with E-state index in [-0.39, 0.29) is 5.91 Å². The fraction of sp³-hybridized carbons (Fsp3) is 0.643. The molecular formula is C14H22BrNOS. The number of carbonyl (C=O) groups excluding carboxylic acids is 1. The van der Waals surface area contributed by atoms with Crippen LogP contribution in [0.4, 0.5) is 0 Å². The number of hydrogen-bond acceptors (Lipinski definition) is 2. The zero-order chi connectivity index (χ0) is 13.5. The second-order valence-corrected chi connectivity index (χ2v) is 6.00. The number of thiophene rings is 1. The molecule has 0 aliphatic heterocycles. The first-order chi connectivity index (χ1) is 8.69. The molecule has 0 fully saturated rings. The van der Waals surface area contributed by atoms with Crippen LogP contribution in [0.15, 0.2) is 11.4 Å². The highest BCUT2D eigenvalue weighted by atomic mass is 79.9. The summed E-state index contributed by atoms with van der Waals surface area (Å²) in [5.41, 5.74) is 1.18. The van der Waals surface area contributed by atoms with Gasteiger partial charge in [-0.2, -0.15) is 0 Å². The third-order valence-corrected chi connectivity index (χ3v) is 4.59. The summed E-state index contributed by atoms with van der Waals surface area (Å²) >= 11 is 5.02. The van der Waals surface area contributed by atoms with Crippen LogP contribution in [0.25, 0.3) is 0 Å². The van der Waals surface area contributed by atoms with E-state index in [1.54, 1.807) is 11.3 Å². The minimum absolute atomic E-state index is 0.204. The van der Waals surface area contributed by atoms with Gasteiger partial charge >= 0.3 is 0 Å². The standard InChI is InChI=1S/C14H22BrNOS/c1-4-11-7-10-18-13(11)14(17)16(9-8-15)12(5-2)6-3/h7,10,12H,4-6,8-9H2,1-3H3. The number of alkyl halides is 1. The quantitative estimate of drug-likeness (QED) is 0.680. The number of halogens is 1. The van der Waals surface area contributed by atoms with Gasteiger partial charge in [0.2, 0.25) is 0 Å². The molecule has 2 nitrogen and oxygen atoms in total. The fourth-order valence-corrected chi connectivity index (χ4v) is 3.53. The SMILES string of the molecule is CCc1ccsc1C(=O)N(CCBr)C(CC)CC. The summed E-state index contributed by atoms with van der Waals surface area (Å²) in [5.74, 6) is 0.204. The summed E-state index contributed by atoms with van der Waals surface area (Å²) in [6, 6.07) is 2.42. The molecule has 0 saturated carbocycles. The summed E-state index contributed by atoms with van der Waals surface area (Å²) in [6.07, 6.45) is 2.96. The highest BCUT2D eigenvalue weighted by Crippen LogP contribution is 2.22. The van der Waals surface area contributed by atoms with Gasteiger partial charge in [0.25, 0.3) is 5.91 Å². The van der Waals surface area contributed by atoms with Crippen molar-refractivity contribution < 1.29 is 4.79 Å². The van der Waals surface area contributed by atoms with Gasteiger partial charge in [-0.3, -0.25) is 4.79 Å². The lowest BCUT2D eigenvalue weighted by atomic mass is 10.1. The first-order valence-electron chi connectivity index (χ1n) is 6.62. The zero-order valence-corrected chi connectivity index (χ0v) is 13.8. The molecule has 1 aromatic rings. The smallest absolute Gasteiger partial charge is 0.264 e. The van der Waals surface area contributed by atoms with Crippen molar-refractivity contribution in [3.63, 3.8) is 0 Å². The van der Waals surface area contributed by atoms with Crippen molar-refractivity contribution >= 4 is 33.2 Å². The van der Waals surface area contributed by atoms with Gasteiger partial charge in [-0.05, 0) is 36.3 Å². The number of carbonyl (C=O) groups is 1. The average Bonchev–Trinajstić information content (AvgIpc) is 2.86. The molecule has 1 aromatic heterocycles. The molecule has 0 saturated heterocycles. The van der Waals surface area contributed by atoms with Crippen LogP contribution in [0.3, 0.4) is 0 Å². The van der Waals surface area contributed by atoms with Crippen LogP contribution < -0.4 is 0 Å². The predicted molar refractivity (Wildman–Crippen MR) is 82.9 cm³/mol. The van der Waals surface area contributed by atoms with E-state index in [9.17, 15) is 4.79 Å². The van der Waals surface area contributed by atoms with Crippen molar-refractivity contribution in [2.75, 3.05) is 11.9 Å². The third kappa shape index (κ3) is 3.58. The Kier molecular flexibility index (Phi) is 6.94. The number of rotatable bonds is 7. The van der Waals surface area contributed by atoms with Crippen LogP contribution in [0, 0.1) is 0 Å². The van der Waals surface area contributed by atoms with Crippen LogP contribution in [0.5, 0.6) is 0 Å². The molecule has 0 aromatic carbocycles. The van der Waals surface area contributed by atoms with Crippen LogP contribution in [0.1, 0.15) is 48.8 Å². The summed E-state index contributed by atoms with van der Waals surface area (Å²) in [7, 11) is 0. The van der Waals surface area contributed by atoms with E-state index in [0.717, 1.165) is 36.0 Å². The molecule has 4 heteroatoms. The largest absolute Gasteiger partial charge is 0.334 e. The molecular weight excluding hydrogens is 310 g/mol. The molecule has 1 amide bonds. The van der Waals surface area contributed by atoms with Crippen molar-refractivity contribution in [3.05, 3.63) is 21.9 Å². The minimum Gasteiger partial charge on any atom is -0.334 e. The Labute approximate surface area is 123 Å². The second kappa shape index (κ2) is 7.95. The average molecular weight is 332 g/mol. The maximum atomic E-state index is 12.7. The van der Waals surface area contributed by atoms with Crippen LogP contribution in [-0.4, -0.2) is 28.7 Å². The maximum Gasteiger partial charge on any atom is 0.264 e. The van der Waals surface area contributed by atoms with E-state index >= 15 is 0 Å². The maximum absolute atomic E-state index is 12.7. The molecule has 18 heavy (non-hydrogen) atoms. The molecule has 0 unspecified atom stereocenters. The Bertz CT molecular complexity index is 374. The normalized spacial score (nSPS) is 10.9. The van der Waals surface area contributed by atoms with Gasteiger partial charge in [0, 0.05) is 17.9 Å². The Morgan fingerprint density at radius 1 is 1.39 bits per heavy atom. The van der Waals surface area contributed by atoms with E-state index in [1.165, 1.54) is 5.56 Å². The van der Waals surface area contributed by atoms with E-state index in [1.807, 2.05) is 10.3 Å². The van der Waals surface area contributed by atoms with Gasteiger partial charge in [0.1, 0.15) is 0 Å². The van der Waals surface area contributed by atoms with Gasteiger partial charge in [-0.1, -0.05) is 36.7 Å². The van der Waals surface area contributed by atoms with E-state index in [0.29, 0.717) is 6.04 Å². The van der Waals surface area contributed by atoms with E-state index in [2.05, 4.69) is 42.8 Å². The van der Waals surface area contributed by atoms with Crippen molar-refractivity contribution in [1.29, 1.82) is 0 Å². The minimum atomic E-state index is 0.204. The monoisotopic (exact) mass is 331 g/mol. The second-order valence-electron chi connectivity index (χ2n) is 4.29. The van der Waals surface area contributed by atoms with Gasteiger partial charge in [0.15, 0.2) is 0 Å². The first-order valence-corrected chi connectivity index (χ1v) is 8.62. The lowest BCUT2D eigenvalue weighted by Crippen LogP contribution is -2.41. The number of hydrogen-bond donors (Lipinski definition) is 0. The Balaban J connectivity index is 2.95. The molecule has 0 aliphatic carbocycles. The number of amides is 1. The van der Waals surface area contributed by atoms with Crippen molar-refractivity contribution in [2.45, 2.75) is 46.1 Å². The molecule has 0 spiro atoms. The number of aryl methyl sites for hydroxylation is 1. The highest BCUT2D eigenvalue weighted by molar-refractivity contribution is 9.09. The first kappa shape index (κ1) is 15.7. The van der Waals surface area contributed by atoms with Gasteiger partial charge in [-0.15, -0.1) is 11.3 Å². The van der Waals surface area contributed by atoms with Crippen molar-refractivity contribution in [2.24, 2.45) is 0 Å². The zero-order valence-electron chi connectivity index (χ0n) is 11.4. The summed E-state index contributed by atoms with van der Waals surface area (Å²) < 4.78 is 0. The summed E-state index contributed by atoms with van der Waals surface area (Å²) in [5, 5.41) is 2.85.